The van der Waals surface area contributed by atoms with Crippen molar-refractivity contribution >= 4 is 10.8 Å². The number of benzene rings is 3. The van der Waals surface area contributed by atoms with Crippen molar-refractivity contribution in [2.75, 3.05) is 0 Å². The molecule has 0 amide bonds. The van der Waals surface area contributed by atoms with Gasteiger partial charge in [-0.15, -0.1) is 0 Å². The van der Waals surface area contributed by atoms with E-state index in [1.54, 1.807) is 0 Å². The number of hydrogen-bond acceptors (Lipinski definition) is 2. The smallest absolute Gasteiger partial charge is 0.220 e. The number of hydrogen-bond donors (Lipinski definition) is 1. The quantitative estimate of drug-likeness (QED) is 0.726. The van der Waals surface area contributed by atoms with Crippen molar-refractivity contribution in [1.29, 1.82) is 0 Å². The molecule has 0 aromatic heterocycles. The number of aliphatic hydroxyl groups is 1. The molecule has 0 bridgehead atoms. The summed E-state index contributed by atoms with van der Waals surface area (Å²) in [4.78, 5) is 0. The fourth-order valence-electron chi connectivity index (χ4n) is 2.89. The minimum atomic E-state index is -1.33. The van der Waals surface area contributed by atoms with E-state index < -0.39 is 5.79 Å². The van der Waals surface area contributed by atoms with Gasteiger partial charge in [-0.2, -0.15) is 0 Å². The van der Waals surface area contributed by atoms with E-state index >= 15 is 0 Å². The Hall–Kier alpha value is -2.16. The predicted molar refractivity (Wildman–Crippen MR) is 78.2 cm³/mol. The monoisotopic (exact) mass is 262 g/mol. The molecule has 0 fully saturated rings. The van der Waals surface area contributed by atoms with E-state index in [9.17, 15) is 5.11 Å². The van der Waals surface area contributed by atoms with E-state index in [0.717, 1.165) is 22.1 Å². The van der Waals surface area contributed by atoms with Crippen LogP contribution < -0.4 is 0 Å². The van der Waals surface area contributed by atoms with E-state index in [0.29, 0.717) is 6.61 Å². The first-order chi connectivity index (χ1) is 9.77. The first-order valence-corrected chi connectivity index (χ1v) is 6.71. The minimum absolute atomic E-state index is 0.436. The zero-order chi connectivity index (χ0) is 13.6. The largest absolute Gasteiger partial charge is 0.358 e. The van der Waals surface area contributed by atoms with Crippen LogP contribution in [0.5, 0.6) is 0 Å². The molecule has 2 nitrogen and oxygen atoms in total. The number of fused-ring (bicyclic) bond motifs is 2. The second-order valence-electron chi connectivity index (χ2n) is 5.16. The Labute approximate surface area is 117 Å². The molecule has 1 N–H and O–H groups in total. The fraction of sp³-hybridized carbons (Fsp3) is 0.111. The third-order valence-corrected chi connectivity index (χ3v) is 3.94. The standard InChI is InChI=1S/C18H14O2/c19-18(16-8-2-1-3-9-16)17-11-14-7-5-4-6-13(14)10-15(17)12-20-18/h1-11,19H,12H2. The first-order valence-electron chi connectivity index (χ1n) is 6.71. The number of rotatable bonds is 1. The van der Waals surface area contributed by atoms with Crippen molar-refractivity contribution < 1.29 is 9.84 Å². The summed E-state index contributed by atoms with van der Waals surface area (Å²) in [5.41, 5.74) is 2.67. The summed E-state index contributed by atoms with van der Waals surface area (Å²) in [6, 6.07) is 21.8. The highest BCUT2D eigenvalue weighted by atomic mass is 16.6. The zero-order valence-electron chi connectivity index (χ0n) is 10.9. The van der Waals surface area contributed by atoms with Gasteiger partial charge in [0, 0.05) is 11.1 Å². The average molecular weight is 262 g/mol. The molecule has 4 rings (SSSR count). The highest BCUT2D eigenvalue weighted by molar-refractivity contribution is 5.84. The molecule has 0 radical (unpaired) electrons. The van der Waals surface area contributed by atoms with Crippen LogP contribution in [0.15, 0.2) is 66.7 Å². The van der Waals surface area contributed by atoms with Gasteiger partial charge in [0.05, 0.1) is 6.61 Å². The molecule has 1 aliphatic rings. The van der Waals surface area contributed by atoms with Crippen LogP contribution in [0.25, 0.3) is 10.8 Å². The lowest BCUT2D eigenvalue weighted by molar-refractivity contribution is -0.170. The van der Waals surface area contributed by atoms with Crippen LogP contribution in [0.2, 0.25) is 0 Å². The maximum absolute atomic E-state index is 11.0. The lowest BCUT2D eigenvalue weighted by Crippen LogP contribution is -2.25. The van der Waals surface area contributed by atoms with Gasteiger partial charge in [-0.1, -0.05) is 54.6 Å². The van der Waals surface area contributed by atoms with Crippen LogP contribution in [-0.4, -0.2) is 5.11 Å². The van der Waals surface area contributed by atoms with E-state index in [-0.39, 0.29) is 0 Å². The molecule has 20 heavy (non-hydrogen) atoms. The van der Waals surface area contributed by atoms with Crippen molar-refractivity contribution in [3.8, 4) is 0 Å². The summed E-state index contributed by atoms with van der Waals surface area (Å²) in [5, 5.41) is 13.2. The molecule has 1 atom stereocenters. The molecule has 1 aliphatic heterocycles. The molecular formula is C18H14O2. The Morgan fingerprint density at radius 2 is 1.50 bits per heavy atom. The van der Waals surface area contributed by atoms with E-state index in [1.807, 2.05) is 48.5 Å². The lowest BCUT2D eigenvalue weighted by atomic mass is 9.93. The Morgan fingerprint density at radius 3 is 2.25 bits per heavy atom. The summed E-state index contributed by atoms with van der Waals surface area (Å²) < 4.78 is 5.72. The molecule has 2 heteroatoms. The summed E-state index contributed by atoms with van der Waals surface area (Å²) in [6.07, 6.45) is 0. The highest BCUT2D eigenvalue weighted by Crippen LogP contribution is 2.41. The fourth-order valence-corrected chi connectivity index (χ4v) is 2.89. The number of ether oxygens (including phenoxy) is 1. The van der Waals surface area contributed by atoms with Crippen LogP contribution in [-0.2, 0) is 17.1 Å². The molecule has 3 aromatic carbocycles. The second-order valence-corrected chi connectivity index (χ2v) is 5.16. The molecule has 1 unspecified atom stereocenters. The van der Waals surface area contributed by atoms with Crippen LogP contribution in [0.3, 0.4) is 0 Å². The Morgan fingerprint density at radius 1 is 0.850 bits per heavy atom. The van der Waals surface area contributed by atoms with E-state index in [2.05, 4.69) is 18.2 Å². The van der Waals surface area contributed by atoms with Crippen molar-refractivity contribution in [2.24, 2.45) is 0 Å². The molecular weight excluding hydrogens is 248 g/mol. The zero-order valence-corrected chi connectivity index (χ0v) is 10.9. The van der Waals surface area contributed by atoms with Gasteiger partial charge in [-0.05, 0) is 28.5 Å². The van der Waals surface area contributed by atoms with Gasteiger partial charge in [-0.25, -0.2) is 0 Å². The van der Waals surface area contributed by atoms with Gasteiger partial charge in [0.25, 0.3) is 0 Å². The van der Waals surface area contributed by atoms with Gasteiger partial charge in [0.2, 0.25) is 5.79 Å². The van der Waals surface area contributed by atoms with Crippen molar-refractivity contribution in [2.45, 2.75) is 12.4 Å². The molecule has 3 aromatic rings. The molecule has 0 saturated carbocycles. The van der Waals surface area contributed by atoms with E-state index in [4.69, 9.17) is 4.74 Å². The predicted octanol–water partition coefficient (Wildman–Crippen LogP) is 3.56. The van der Waals surface area contributed by atoms with E-state index in [1.165, 1.54) is 5.39 Å². The Bertz CT molecular complexity index is 780. The summed E-state index contributed by atoms with van der Waals surface area (Å²) in [6.45, 7) is 0.436. The van der Waals surface area contributed by atoms with Gasteiger partial charge < -0.3 is 9.84 Å². The highest BCUT2D eigenvalue weighted by Gasteiger charge is 2.39. The van der Waals surface area contributed by atoms with Gasteiger partial charge in [-0.3, -0.25) is 0 Å². The SMILES string of the molecule is OC1(c2ccccc2)OCc2cc3ccccc3cc21. The molecule has 98 valence electrons. The maximum Gasteiger partial charge on any atom is 0.220 e. The van der Waals surface area contributed by atoms with Crippen LogP contribution in [0.1, 0.15) is 16.7 Å². The summed E-state index contributed by atoms with van der Waals surface area (Å²) in [5.74, 6) is -1.33. The molecule has 0 saturated heterocycles. The van der Waals surface area contributed by atoms with Gasteiger partial charge >= 0.3 is 0 Å². The Balaban J connectivity index is 1.95. The molecule has 0 spiro atoms. The van der Waals surface area contributed by atoms with Crippen LogP contribution in [0, 0.1) is 0 Å². The topological polar surface area (TPSA) is 29.5 Å². The second kappa shape index (κ2) is 4.17. The Kier molecular flexibility index (Phi) is 2.43. The normalized spacial score (nSPS) is 21.1. The summed E-state index contributed by atoms with van der Waals surface area (Å²) in [7, 11) is 0. The molecule has 1 heterocycles. The van der Waals surface area contributed by atoms with Crippen LogP contribution in [0.4, 0.5) is 0 Å². The minimum Gasteiger partial charge on any atom is -0.358 e. The molecule has 0 aliphatic carbocycles. The third kappa shape index (κ3) is 1.59. The lowest BCUT2D eigenvalue weighted by Gasteiger charge is -2.23. The average Bonchev–Trinajstić information content (AvgIpc) is 2.84. The van der Waals surface area contributed by atoms with Crippen LogP contribution >= 0.6 is 0 Å². The third-order valence-electron chi connectivity index (χ3n) is 3.94. The summed E-state index contributed by atoms with van der Waals surface area (Å²) >= 11 is 0. The van der Waals surface area contributed by atoms with Gasteiger partial charge in [0.1, 0.15) is 0 Å². The van der Waals surface area contributed by atoms with Gasteiger partial charge in [0.15, 0.2) is 0 Å². The van der Waals surface area contributed by atoms with Crippen molar-refractivity contribution in [3.05, 3.63) is 83.4 Å². The van der Waals surface area contributed by atoms with Crippen molar-refractivity contribution in [1.82, 2.24) is 0 Å². The first kappa shape index (κ1) is 11.6. The van der Waals surface area contributed by atoms with Crippen molar-refractivity contribution in [3.63, 3.8) is 0 Å². The maximum atomic E-state index is 11.0.